The van der Waals surface area contributed by atoms with Gasteiger partial charge in [-0.2, -0.15) is 9.78 Å². The van der Waals surface area contributed by atoms with E-state index in [0.717, 1.165) is 4.68 Å². The van der Waals surface area contributed by atoms with E-state index >= 15 is 0 Å². The number of H-pyrrole nitrogens is 1. The molecule has 17 heavy (non-hydrogen) atoms. The second-order valence-corrected chi connectivity index (χ2v) is 3.90. The zero-order valence-corrected chi connectivity index (χ0v) is 9.16. The molecule has 1 aromatic rings. The van der Waals surface area contributed by atoms with Crippen LogP contribution in [-0.4, -0.2) is 43.8 Å². The summed E-state index contributed by atoms with van der Waals surface area (Å²) in [6.45, 7) is 1.12. The van der Waals surface area contributed by atoms with Crippen molar-refractivity contribution in [3.63, 3.8) is 0 Å². The lowest BCUT2D eigenvalue weighted by atomic mass is 10.2. The van der Waals surface area contributed by atoms with Crippen LogP contribution in [0.2, 0.25) is 0 Å². The summed E-state index contributed by atoms with van der Waals surface area (Å²) in [5.41, 5.74) is -1.12. The highest BCUT2D eigenvalue weighted by molar-refractivity contribution is 4.89. The van der Waals surface area contributed by atoms with Crippen LogP contribution in [0.25, 0.3) is 0 Å². The molecule has 1 fully saturated rings. The van der Waals surface area contributed by atoms with Crippen molar-refractivity contribution in [1.29, 1.82) is 0 Å². The fourth-order valence-electron chi connectivity index (χ4n) is 1.72. The number of aromatic nitrogens is 3. The molecule has 1 saturated heterocycles. The molecule has 2 heterocycles. The Labute approximate surface area is 95.5 Å². The Bertz CT molecular complexity index is 522. The first-order valence-corrected chi connectivity index (χ1v) is 5.17. The van der Waals surface area contributed by atoms with Crippen molar-refractivity contribution in [2.45, 2.75) is 31.8 Å². The zero-order valence-electron chi connectivity index (χ0n) is 9.16. The van der Waals surface area contributed by atoms with Crippen molar-refractivity contribution in [1.82, 2.24) is 14.8 Å². The molecular formula is C9H13N3O5. The molecule has 0 radical (unpaired) electrons. The molecule has 1 aliphatic heterocycles. The Hall–Kier alpha value is -1.51. The maximum atomic E-state index is 11.5. The van der Waals surface area contributed by atoms with Crippen LogP contribution >= 0.6 is 0 Å². The average Bonchev–Trinajstić information content (AvgIpc) is 2.65. The number of aromatic amines is 1. The highest BCUT2D eigenvalue weighted by Crippen LogP contribution is 2.26. The van der Waals surface area contributed by atoms with Crippen molar-refractivity contribution in [2.75, 3.05) is 6.61 Å². The van der Waals surface area contributed by atoms with Crippen LogP contribution in [0.15, 0.2) is 9.59 Å². The molecule has 0 aliphatic carbocycles. The van der Waals surface area contributed by atoms with Gasteiger partial charge in [-0.1, -0.05) is 0 Å². The summed E-state index contributed by atoms with van der Waals surface area (Å²) in [5, 5.41) is 22.3. The Balaban J connectivity index is 2.34. The zero-order chi connectivity index (χ0) is 12.6. The van der Waals surface area contributed by atoms with Crippen LogP contribution in [0.4, 0.5) is 0 Å². The molecule has 3 N–H and O–H groups in total. The van der Waals surface area contributed by atoms with Crippen molar-refractivity contribution in [3.8, 4) is 0 Å². The fourth-order valence-corrected chi connectivity index (χ4v) is 1.72. The number of hydrogen-bond acceptors (Lipinski definition) is 6. The topological polar surface area (TPSA) is 117 Å². The van der Waals surface area contributed by atoms with Gasteiger partial charge in [0.05, 0.1) is 12.7 Å². The quantitative estimate of drug-likeness (QED) is 0.546. The van der Waals surface area contributed by atoms with Gasteiger partial charge >= 0.3 is 5.69 Å². The summed E-state index contributed by atoms with van der Waals surface area (Å²) >= 11 is 0. The first kappa shape index (κ1) is 12.0. The molecule has 1 aromatic heterocycles. The van der Waals surface area contributed by atoms with Crippen molar-refractivity contribution in [2.24, 2.45) is 0 Å². The van der Waals surface area contributed by atoms with Crippen molar-refractivity contribution < 1.29 is 14.9 Å². The van der Waals surface area contributed by atoms with E-state index in [1.165, 1.54) is 6.92 Å². The Morgan fingerprint density at radius 1 is 1.59 bits per heavy atom. The SMILES string of the molecule is Cc1nn([C@H]2C[C@H](O)[C@@H](CO)O2)c(=O)[nH]c1=O. The van der Waals surface area contributed by atoms with E-state index in [-0.39, 0.29) is 18.7 Å². The summed E-state index contributed by atoms with van der Waals surface area (Å²) < 4.78 is 6.23. The minimum Gasteiger partial charge on any atom is -0.394 e. The van der Waals surface area contributed by atoms with Gasteiger partial charge in [-0.15, -0.1) is 0 Å². The lowest BCUT2D eigenvalue weighted by Gasteiger charge is -2.13. The smallest absolute Gasteiger partial charge is 0.347 e. The van der Waals surface area contributed by atoms with Crippen LogP contribution in [0.3, 0.4) is 0 Å². The Morgan fingerprint density at radius 3 is 2.88 bits per heavy atom. The molecule has 0 aromatic carbocycles. The third-order valence-electron chi connectivity index (χ3n) is 2.67. The molecule has 0 amide bonds. The minimum atomic E-state index is -0.856. The lowest BCUT2D eigenvalue weighted by Crippen LogP contribution is -2.36. The van der Waals surface area contributed by atoms with E-state index in [2.05, 4.69) is 10.1 Å². The number of nitrogens with one attached hydrogen (secondary N) is 1. The number of ether oxygens (including phenoxy) is 1. The highest BCUT2D eigenvalue weighted by Gasteiger charge is 2.35. The summed E-state index contributed by atoms with van der Waals surface area (Å²) in [7, 11) is 0. The minimum absolute atomic E-state index is 0.134. The van der Waals surface area contributed by atoms with Crippen molar-refractivity contribution in [3.05, 3.63) is 26.5 Å². The van der Waals surface area contributed by atoms with Crippen LogP contribution in [0, 0.1) is 6.92 Å². The van der Waals surface area contributed by atoms with Crippen LogP contribution in [0.5, 0.6) is 0 Å². The van der Waals surface area contributed by atoms with E-state index in [9.17, 15) is 14.7 Å². The molecule has 0 saturated carbocycles. The first-order chi connectivity index (χ1) is 8.02. The normalized spacial score (nSPS) is 28.5. The van der Waals surface area contributed by atoms with Gasteiger partial charge in [0, 0.05) is 6.42 Å². The molecular weight excluding hydrogens is 230 g/mol. The second kappa shape index (κ2) is 4.40. The van der Waals surface area contributed by atoms with Crippen LogP contribution in [-0.2, 0) is 4.74 Å². The maximum Gasteiger partial charge on any atom is 0.347 e. The number of aliphatic hydroxyl groups excluding tert-OH is 2. The average molecular weight is 243 g/mol. The van der Waals surface area contributed by atoms with E-state index in [1.807, 2.05) is 0 Å². The summed E-state index contributed by atoms with van der Waals surface area (Å²) in [5.74, 6) is 0. The molecule has 2 rings (SSSR count). The van der Waals surface area contributed by atoms with Gasteiger partial charge in [0.2, 0.25) is 0 Å². The molecule has 1 aliphatic rings. The van der Waals surface area contributed by atoms with Gasteiger partial charge < -0.3 is 14.9 Å². The monoisotopic (exact) mass is 243 g/mol. The Morgan fingerprint density at radius 2 is 2.29 bits per heavy atom. The lowest BCUT2D eigenvalue weighted by molar-refractivity contribution is -0.0508. The third kappa shape index (κ3) is 2.14. The third-order valence-corrected chi connectivity index (χ3v) is 2.67. The predicted molar refractivity (Wildman–Crippen MR) is 55.5 cm³/mol. The molecule has 3 atom stereocenters. The predicted octanol–water partition coefficient (Wildman–Crippen LogP) is -2.12. The Kier molecular flexibility index (Phi) is 3.09. The summed E-state index contributed by atoms with van der Waals surface area (Å²) in [4.78, 5) is 24.7. The summed E-state index contributed by atoms with van der Waals surface area (Å²) in [6.07, 6.45) is -2.22. The van der Waals surface area contributed by atoms with Gasteiger partial charge in [0.15, 0.2) is 6.23 Å². The van der Waals surface area contributed by atoms with E-state index in [0.29, 0.717) is 0 Å². The molecule has 8 heteroatoms. The second-order valence-electron chi connectivity index (χ2n) is 3.90. The van der Waals surface area contributed by atoms with E-state index < -0.39 is 29.7 Å². The van der Waals surface area contributed by atoms with E-state index in [4.69, 9.17) is 9.84 Å². The first-order valence-electron chi connectivity index (χ1n) is 5.17. The summed E-state index contributed by atoms with van der Waals surface area (Å²) in [6, 6.07) is 0. The number of aryl methyl sites for hydroxylation is 1. The van der Waals surface area contributed by atoms with E-state index in [1.54, 1.807) is 0 Å². The number of aliphatic hydroxyl groups is 2. The van der Waals surface area contributed by atoms with Gasteiger partial charge in [-0.05, 0) is 6.92 Å². The molecule has 0 bridgehead atoms. The molecule has 94 valence electrons. The van der Waals surface area contributed by atoms with Gasteiger partial charge in [-0.3, -0.25) is 9.78 Å². The standard InChI is InChI=1S/C9H13N3O5/c1-4-8(15)10-9(16)12(11-4)7-2-5(14)6(3-13)17-7/h5-7,13-14H,2-3H2,1H3,(H,10,15,16)/t5-,6+,7+/m0/s1. The number of nitrogens with zero attached hydrogens (tertiary/aromatic N) is 2. The maximum absolute atomic E-state index is 11.5. The van der Waals surface area contributed by atoms with Crippen LogP contribution in [0.1, 0.15) is 18.3 Å². The largest absolute Gasteiger partial charge is 0.394 e. The molecule has 0 spiro atoms. The van der Waals surface area contributed by atoms with Gasteiger partial charge in [0.1, 0.15) is 11.8 Å². The van der Waals surface area contributed by atoms with Crippen LogP contribution < -0.4 is 11.2 Å². The van der Waals surface area contributed by atoms with Gasteiger partial charge in [0.25, 0.3) is 5.56 Å². The highest BCUT2D eigenvalue weighted by atomic mass is 16.5. The molecule has 0 unspecified atom stereocenters. The number of rotatable bonds is 2. The van der Waals surface area contributed by atoms with Gasteiger partial charge in [-0.25, -0.2) is 4.79 Å². The fraction of sp³-hybridized carbons (Fsp3) is 0.667. The van der Waals surface area contributed by atoms with Crippen molar-refractivity contribution >= 4 is 0 Å². The number of hydrogen-bond donors (Lipinski definition) is 3. The molecule has 8 nitrogen and oxygen atoms in total.